The van der Waals surface area contributed by atoms with Crippen molar-refractivity contribution in [3.8, 4) is 5.75 Å². The van der Waals surface area contributed by atoms with E-state index >= 15 is 0 Å². The largest absolute Gasteiger partial charge is 0.506 e. The lowest BCUT2D eigenvalue weighted by molar-refractivity contribution is -0.203. The van der Waals surface area contributed by atoms with Crippen molar-refractivity contribution in [2.75, 3.05) is 19.7 Å². The Morgan fingerprint density at radius 2 is 2.03 bits per heavy atom. The zero-order chi connectivity index (χ0) is 21.4. The lowest BCUT2D eigenvalue weighted by Crippen LogP contribution is -2.69. The fourth-order valence-corrected chi connectivity index (χ4v) is 4.25. The number of piperidine rings is 1. The summed E-state index contributed by atoms with van der Waals surface area (Å²) in [5, 5.41) is 33.6. The average Bonchev–Trinajstić information content (AvgIpc) is 3.27. The van der Waals surface area contributed by atoms with E-state index in [0.717, 1.165) is 0 Å². The summed E-state index contributed by atoms with van der Waals surface area (Å²) in [5.74, 6) is -0.770. The molecule has 4 rings (SSSR count). The number of carbonyl (C=O) groups is 2. The van der Waals surface area contributed by atoms with E-state index in [1.807, 2.05) is 0 Å². The van der Waals surface area contributed by atoms with E-state index < -0.39 is 23.2 Å². The molecule has 30 heavy (non-hydrogen) atoms. The summed E-state index contributed by atoms with van der Waals surface area (Å²) in [7, 11) is 0. The van der Waals surface area contributed by atoms with Gasteiger partial charge < -0.3 is 25.2 Å². The van der Waals surface area contributed by atoms with Gasteiger partial charge in [0, 0.05) is 25.9 Å². The van der Waals surface area contributed by atoms with Crippen molar-refractivity contribution in [3.05, 3.63) is 35.9 Å². The molecular weight excluding hydrogens is 392 g/mol. The van der Waals surface area contributed by atoms with E-state index in [1.165, 1.54) is 24.7 Å². The molecule has 2 aromatic heterocycles. The Bertz CT molecular complexity index is 927. The van der Waals surface area contributed by atoms with Crippen molar-refractivity contribution >= 4 is 11.8 Å². The topological polar surface area (TPSA) is 154 Å². The molecule has 2 aromatic rings. The standard InChI is InChI=1S/C19H24N6O5/c1-18(22-15(27)12-8-13(26)10-20-9-12)4-7-30-19(17(18)29)2-5-25(6-3-19)16(28)14-11-21-24-23-14/h8-11,17,26,29H,2-7H2,1H3,(H,22,27)(H,21,23,24)/t17-,18+/m0/s1. The summed E-state index contributed by atoms with van der Waals surface area (Å²) in [5.41, 5.74) is -1.35. The third-order valence-corrected chi connectivity index (χ3v) is 6.03. The van der Waals surface area contributed by atoms with Gasteiger partial charge in [-0.05, 0) is 32.3 Å². The third-order valence-electron chi connectivity index (χ3n) is 6.03. The smallest absolute Gasteiger partial charge is 0.276 e. The number of aromatic nitrogens is 4. The second kappa shape index (κ2) is 7.65. The van der Waals surface area contributed by atoms with Crippen molar-refractivity contribution in [1.29, 1.82) is 0 Å². The molecule has 2 amide bonds. The summed E-state index contributed by atoms with van der Waals surface area (Å²) in [6.45, 7) is 2.93. The molecule has 2 saturated heterocycles. The first-order chi connectivity index (χ1) is 14.3. The summed E-state index contributed by atoms with van der Waals surface area (Å²) < 4.78 is 6.01. The minimum atomic E-state index is -0.975. The van der Waals surface area contributed by atoms with E-state index in [-0.39, 0.29) is 22.9 Å². The molecule has 1 spiro atoms. The highest BCUT2D eigenvalue weighted by Crippen LogP contribution is 2.40. The average molecular weight is 416 g/mol. The second-order valence-electron chi connectivity index (χ2n) is 8.02. The van der Waals surface area contributed by atoms with Crippen LogP contribution in [0.25, 0.3) is 0 Å². The molecule has 4 N–H and O–H groups in total. The first-order valence-electron chi connectivity index (χ1n) is 9.77. The zero-order valence-electron chi connectivity index (χ0n) is 16.5. The number of aromatic amines is 1. The molecule has 0 bridgehead atoms. The number of likely N-dealkylation sites (tertiary alicyclic amines) is 1. The Morgan fingerprint density at radius 3 is 2.70 bits per heavy atom. The van der Waals surface area contributed by atoms with Crippen LogP contribution in [0, 0.1) is 0 Å². The number of pyridine rings is 1. The van der Waals surface area contributed by atoms with E-state index in [1.54, 1.807) is 11.8 Å². The van der Waals surface area contributed by atoms with Gasteiger partial charge in [0.15, 0.2) is 5.69 Å². The van der Waals surface area contributed by atoms with Gasteiger partial charge >= 0.3 is 0 Å². The maximum atomic E-state index is 12.7. The lowest BCUT2D eigenvalue weighted by atomic mass is 9.73. The van der Waals surface area contributed by atoms with E-state index in [0.29, 0.717) is 39.0 Å². The molecule has 0 saturated carbocycles. The van der Waals surface area contributed by atoms with Crippen LogP contribution in [-0.4, -0.2) is 84.3 Å². The highest BCUT2D eigenvalue weighted by Gasteiger charge is 2.54. The molecule has 160 valence electrons. The van der Waals surface area contributed by atoms with Crippen molar-refractivity contribution in [1.82, 2.24) is 30.6 Å². The first kappa shape index (κ1) is 20.2. The van der Waals surface area contributed by atoms with Gasteiger partial charge in [-0.1, -0.05) is 0 Å². The Morgan fingerprint density at radius 1 is 1.27 bits per heavy atom. The Balaban J connectivity index is 1.45. The number of H-pyrrole nitrogens is 1. The molecule has 11 nitrogen and oxygen atoms in total. The van der Waals surface area contributed by atoms with Crippen LogP contribution >= 0.6 is 0 Å². The maximum absolute atomic E-state index is 12.7. The molecular formula is C19H24N6O5. The van der Waals surface area contributed by atoms with Crippen LogP contribution in [0.15, 0.2) is 24.7 Å². The second-order valence-corrected chi connectivity index (χ2v) is 8.02. The fourth-order valence-electron chi connectivity index (χ4n) is 4.25. The summed E-state index contributed by atoms with van der Waals surface area (Å²) >= 11 is 0. The maximum Gasteiger partial charge on any atom is 0.276 e. The Kier molecular flexibility index (Phi) is 5.16. The molecule has 2 fully saturated rings. The van der Waals surface area contributed by atoms with Gasteiger partial charge in [0.25, 0.3) is 11.8 Å². The molecule has 0 aliphatic carbocycles. The van der Waals surface area contributed by atoms with Gasteiger partial charge in [-0.15, -0.1) is 0 Å². The Hall–Kier alpha value is -3.05. The van der Waals surface area contributed by atoms with Crippen LogP contribution in [-0.2, 0) is 4.74 Å². The van der Waals surface area contributed by atoms with E-state index in [9.17, 15) is 19.8 Å². The number of aliphatic hydroxyl groups is 1. The minimum Gasteiger partial charge on any atom is -0.506 e. The molecule has 2 aliphatic heterocycles. The fraction of sp³-hybridized carbons (Fsp3) is 0.526. The van der Waals surface area contributed by atoms with Crippen molar-refractivity contribution < 1.29 is 24.5 Å². The summed E-state index contributed by atoms with van der Waals surface area (Å²) in [4.78, 5) is 30.6. The zero-order valence-corrected chi connectivity index (χ0v) is 16.5. The molecule has 2 aliphatic rings. The van der Waals surface area contributed by atoms with Crippen molar-refractivity contribution in [2.24, 2.45) is 0 Å². The highest BCUT2D eigenvalue weighted by atomic mass is 16.5. The van der Waals surface area contributed by atoms with Crippen LogP contribution < -0.4 is 5.32 Å². The van der Waals surface area contributed by atoms with Crippen molar-refractivity contribution in [3.63, 3.8) is 0 Å². The normalized spacial score (nSPS) is 25.8. The van der Waals surface area contributed by atoms with Crippen LogP contribution in [0.4, 0.5) is 0 Å². The first-order valence-corrected chi connectivity index (χ1v) is 9.77. The number of ether oxygens (including phenoxy) is 1. The molecule has 11 heteroatoms. The predicted octanol–water partition coefficient (Wildman–Crippen LogP) is -0.150. The van der Waals surface area contributed by atoms with Crippen LogP contribution in [0.2, 0.25) is 0 Å². The number of hydrogen-bond donors (Lipinski definition) is 4. The number of amides is 2. The monoisotopic (exact) mass is 416 g/mol. The molecule has 0 unspecified atom stereocenters. The van der Waals surface area contributed by atoms with Crippen molar-refractivity contribution in [2.45, 2.75) is 43.4 Å². The van der Waals surface area contributed by atoms with Crippen LogP contribution in [0.3, 0.4) is 0 Å². The molecule has 4 heterocycles. The number of aliphatic hydroxyl groups excluding tert-OH is 1. The van der Waals surface area contributed by atoms with Gasteiger partial charge in [0.2, 0.25) is 0 Å². The van der Waals surface area contributed by atoms with Gasteiger partial charge in [-0.25, -0.2) is 0 Å². The number of aromatic hydroxyl groups is 1. The van der Waals surface area contributed by atoms with Gasteiger partial charge in [0.1, 0.15) is 11.9 Å². The number of nitrogens with one attached hydrogen (secondary N) is 2. The molecule has 0 aromatic carbocycles. The lowest BCUT2D eigenvalue weighted by Gasteiger charge is -2.53. The highest BCUT2D eigenvalue weighted by molar-refractivity contribution is 5.94. The van der Waals surface area contributed by atoms with Crippen LogP contribution in [0.1, 0.15) is 47.0 Å². The number of rotatable bonds is 3. The summed E-state index contributed by atoms with van der Waals surface area (Å²) in [6.07, 6.45) is 4.28. The van der Waals surface area contributed by atoms with E-state index in [2.05, 4.69) is 25.7 Å². The number of nitrogens with zero attached hydrogens (tertiary/aromatic N) is 4. The quantitative estimate of drug-likeness (QED) is 0.539. The molecule has 2 atom stereocenters. The third kappa shape index (κ3) is 3.61. The van der Waals surface area contributed by atoms with E-state index in [4.69, 9.17) is 4.74 Å². The van der Waals surface area contributed by atoms with Gasteiger partial charge in [-0.3, -0.25) is 14.6 Å². The predicted molar refractivity (Wildman–Crippen MR) is 103 cm³/mol. The number of carbonyl (C=O) groups excluding carboxylic acids is 2. The number of hydrogen-bond acceptors (Lipinski definition) is 8. The van der Waals surface area contributed by atoms with Crippen LogP contribution in [0.5, 0.6) is 5.75 Å². The molecule has 0 radical (unpaired) electrons. The van der Waals surface area contributed by atoms with Gasteiger partial charge in [0.05, 0.1) is 29.1 Å². The SMILES string of the molecule is C[C@@]1(NC(=O)c2cncc(O)c2)CCOC2(CCN(C(=O)c3cn[nH]n3)CC2)[C@H]1O. The Labute approximate surface area is 172 Å². The minimum absolute atomic E-state index is 0.110. The van der Waals surface area contributed by atoms with Gasteiger partial charge in [-0.2, -0.15) is 15.4 Å². The summed E-state index contributed by atoms with van der Waals surface area (Å²) in [6, 6.07) is 1.32.